The van der Waals surface area contributed by atoms with Crippen molar-refractivity contribution in [2.45, 2.75) is 19.8 Å². The summed E-state index contributed by atoms with van der Waals surface area (Å²) in [6.07, 6.45) is 1.71. The fourth-order valence-corrected chi connectivity index (χ4v) is 4.62. The Hall–Kier alpha value is -3.85. The van der Waals surface area contributed by atoms with Crippen LogP contribution in [0.2, 0.25) is 0 Å². The topological polar surface area (TPSA) is 80.1 Å². The van der Waals surface area contributed by atoms with Crippen molar-refractivity contribution in [2.75, 3.05) is 16.8 Å². The zero-order chi connectivity index (χ0) is 22.9. The van der Waals surface area contributed by atoms with Gasteiger partial charge in [-0.15, -0.1) is 16.4 Å². The van der Waals surface area contributed by atoms with Crippen LogP contribution in [0.5, 0.6) is 0 Å². The molecule has 0 saturated carbocycles. The van der Waals surface area contributed by atoms with E-state index in [1.54, 1.807) is 30.0 Å². The molecule has 2 amide bonds. The van der Waals surface area contributed by atoms with Gasteiger partial charge in [-0.2, -0.15) is 0 Å². The Labute approximate surface area is 193 Å². The van der Waals surface area contributed by atoms with Crippen LogP contribution in [0, 0.1) is 5.82 Å². The van der Waals surface area contributed by atoms with Crippen molar-refractivity contribution in [1.29, 1.82) is 0 Å². The van der Waals surface area contributed by atoms with Gasteiger partial charge in [0.15, 0.2) is 5.82 Å². The van der Waals surface area contributed by atoms with Gasteiger partial charge in [0, 0.05) is 24.8 Å². The Morgan fingerprint density at radius 3 is 2.67 bits per heavy atom. The molecule has 1 aliphatic heterocycles. The maximum absolute atomic E-state index is 13.4. The Morgan fingerprint density at radius 1 is 1.12 bits per heavy atom. The van der Waals surface area contributed by atoms with Crippen LogP contribution in [0.4, 0.5) is 15.8 Å². The number of benzene rings is 2. The van der Waals surface area contributed by atoms with E-state index in [9.17, 15) is 14.0 Å². The van der Waals surface area contributed by atoms with E-state index >= 15 is 0 Å². The van der Waals surface area contributed by atoms with Crippen LogP contribution in [0.1, 0.15) is 29.5 Å². The standard InChI is InChI=1S/C24H20FN5O2S/c1-15(31)29-12-2-4-16-14-18(8-11-20(16)29)26-24(32)22-27-23(21-5-3-13-33-21)30(28-22)19-9-6-17(25)7-10-19/h3,5-11,13-14H,2,4,12H2,1H3,(H,26,32). The van der Waals surface area contributed by atoms with Gasteiger partial charge in [0.05, 0.1) is 10.6 Å². The molecular formula is C24H20FN5O2S. The minimum absolute atomic E-state index is 0.00405. The maximum atomic E-state index is 13.4. The molecule has 0 unspecified atom stereocenters. The molecule has 0 atom stereocenters. The number of aromatic nitrogens is 3. The van der Waals surface area contributed by atoms with Gasteiger partial charge in [-0.1, -0.05) is 6.07 Å². The summed E-state index contributed by atoms with van der Waals surface area (Å²) in [6.45, 7) is 2.25. The number of rotatable bonds is 4. The molecule has 0 saturated heterocycles. The van der Waals surface area contributed by atoms with Crippen LogP contribution >= 0.6 is 11.3 Å². The van der Waals surface area contributed by atoms with Gasteiger partial charge in [-0.05, 0) is 72.3 Å². The van der Waals surface area contributed by atoms with Crippen LogP contribution in [0.15, 0.2) is 60.0 Å². The number of hydrogen-bond acceptors (Lipinski definition) is 5. The van der Waals surface area contributed by atoms with Crippen LogP contribution in [0.25, 0.3) is 16.4 Å². The third kappa shape index (κ3) is 4.14. The van der Waals surface area contributed by atoms with Crippen molar-refractivity contribution < 1.29 is 14.0 Å². The summed E-state index contributed by atoms with van der Waals surface area (Å²) in [4.78, 5) is 32.0. The van der Waals surface area contributed by atoms with E-state index in [1.807, 2.05) is 29.6 Å². The molecular weight excluding hydrogens is 441 g/mol. The summed E-state index contributed by atoms with van der Waals surface area (Å²) in [5, 5.41) is 9.18. The average molecular weight is 462 g/mol. The molecule has 3 heterocycles. The summed E-state index contributed by atoms with van der Waals surface area (Å²) in [5.41, 5.74) is 3.10. The lowest BCUT2D eigenvalue weighted by Gasteiger charge is -2.28. The summed E-state index contributed by atoms with van der Waals surface area (Å²) < 4.78 is 15.0. The summed E-state index contributed by atoms with van der Waals surface area (Å²) in [6, 6.07) is 15.2. The molecule has 4 aromatic rings. The highest BCUT2D eigenvalue weighted by Gasteiger charge is 2.22. The SMILES string of the molecule is CC(=O)N1CCCc2cc(NC(=O)c3nc(-c4cccs4)n(-c4ccc(F)cc4)n3)ccc21. The fourth-order valence-electron chi connectivity index (χ4n) is 3.92. The van der Waals surface area contributed by atoms with Crippen molar-refractivity contribution in [3.8, 4) is 16.4 Å². The number of carbonyl (C=O) groups is 2. The zero-order valence-electron chi connectivity index (χ0n) is 17.8. The summed E-state index contributed by atoms with van der Waals surface area (Å²) in [5.74, 6) is -0.294. The lowest BCUT2D eigenvalue weighted by atomic mass is 10.0. The highest BCUT2D eigenvalue weighted by Crippen LogP contribution is 2.30. The van der Waals surface area contributed by atoms with E-state index in [-0.39, 0.29) is 17.5 Å². The van der Waals surface area contributed by atoms with Gasteiger partial charge in [-0.25, -0.2) is 14.1 Å². The molecule has 1 aliphatic rings. The van der Waals surface area contributed by atoms with Crippen LogP contribution < -0.4 is 10.2 Å². The number of fused-ring (bicyclic) bond motifs is 1. The third-order valence-electron chi connectivity index (χ3n) is 5.46. The second-order valence-electron chi connectivity index (χ2n) is 7.70. The summed E-state index contributed by atoms with van der Waals surface area (Å²) >= 11 is 1.47. The molecule has 2 aromatic carbocycles. The van der Waals surface area contributed by atoms with Gasteiger partial charge in [0.2, 0.25) is 11.7 Å². The molecule has 2 aromatic heterocycles. The maximum Gasteiger partial charge on any atom is 0.295 e. The van der Waals surface area contributed by atoms with Gasteiger partial charge < -0.3 is 10.2 Å². The lowest BCUT2D eigenvalue weighted by Crippen LogP contribution is -2.33. The normalized spacial score (nSPS) is 13.0. The van der Waals surface area contributed by atoms with Gasteiger partial charge in [0.1, 0.15) is 5.82 Å². The highest BCUT2D eigenvalue weighted by molar-refractivity contribution is 7.13. The molecule has 0 fully saturated rings. The second-order valence-corrected chi connectivity index (χ2v) is 8.64. The Balaban J connectivity index is 1.45. The number of amides is 2. The van der Waals surface area contributed by atoms with E-state index in [0.29, 0.717) is 23.7 Å². The predicted octanol–water partition coefficient (Wildman–Crippen LogP) is 4.69. The quantitative estimate of drug-likeness (QED) is 0.478. The molecule has 166 valence electrons. The van der Waals surface area contributed by atoms with Gasteiger partial charge >= 0.3 is 0 Å². The van der Waals surface area contributed by atoms with Crippen molar-refractivity contribution in [1.82, 2.24) is 14.8 Å². The van der Waals surface area contributed by atoms with E-state index in [2.05, 4.69) is 15.4 Å². The number of aryl methyl sites for hydroxylation is 1. The first kappa shape index (κ1) is 21.0. The molecule has 0 aliphatic carbocycles. The lowest BCUT2D eigenvalue weighted by molar-refractivity contribution is -0.116. The average Bonchev–Trinajstić information content (AvgIpc) is 3.49. The van der Waals surface area contributed by atoms with Crippen LogP contribution in [-0.2, 0) is 11.2 Å². The smallest absolute Gasteiger partial charge is 0.295 e. The Kier molecular flexibility index (Phi) is 5.47. The zero-order valence-corrected chi connectivity index (χ0v) is 18.6. The van der Waals surface area contributed by atoms with Crippen molar-refractivity contribution in [3.63, 3.8) is 0 Å². The Bertz CT molecular complexity index is 1330. The number of hydrogen-bond donors (Lipinski definition) is 1. The number of halogens is 1. The second kappa shape index (κ2) is 8.59. The van der Waals surface area contributed by atoms with E-state index < -0.39 is 5.91 Å². The number of thiophene rings is 1. The Morgan fingerprint density at radius 2 is 1.94 bits per heavy atom. The molecule has 0 spiro atoms. The van der Waals surface area contributed by atoms with Crippen LogP contribution in [0.3, 0.4) is 0 Å². The first-order valence-corrected chi connectivity index (χ1v) is 11.4. The molecule has 0 bridgehead atoms. The molecule has 1 N–H and O–H groups in total. The number of nitrogens with one attached hydrogen (secondary N) is 1. The number of nitrogens with zero attached hydrogens (tertiary/aromatic N) is 4. The molecule has 0 radical (unpaired) electrons. The van der Waals surface area contributed by atoms with E-state index in [0.717, 1.165) is 29.0 Å². The molecule has 33 heavy (non-hydrogen) atoms. The van der Waals surface area contributed by atoms with Gasteiger partial charge in [-0.3, -0.25) is 9.59 Å². The van der Waals surface area contributed by atoms with Crippen molar-refractivity contribution in [3.05, 3.63) is 77.2 Å². The minimum Gasteiger partial charge on any atom is -0.319 e. The van der Waals surface area contributed by atoms with Crippen LogP contribution in [-0.4, -0.2) is 33.1 Å². The fraction of sp³-hybridized carbons (Fsp3) is 0.167. The van der Waals surface area contributed by atoms with Gasteiger partial charge in [0.25, 0.3) is 5.91 Å². The third-order valence-corrected chi connectivity index (χ3v) is 6.32. The number of carbonyl (C=O) groups excluding carboxylic acids is 2. The summed E-state index contributed by atoms with van der Waals surface area (Å²) in [7, 11) is 0. The van der Waals surface area contributed by atoms with E-state index in [4.69, 9.17) is 0 Å². The first-order valence-electron chi connectivity index (χ1n) is 10.5. The van der Waals surface area contributed by atoms with Crippen molar-refractivity contribution >= 4 is 34.5 Å². The highest BCUT2D eigenvalue weighted by atomic mass is 32.1. The minimum atomic E-state index is -0.451. The molecule has 9 heteroatoms. The monoisotopic (exact) mass is 461 g/mol. The number of anilines is 2. The van der Waals surface area contributed by atoms with Crippen molar-refractivity contribution in [2.24, 2.45) is 0 Å². The largest absolute Gasteiger partial charge is 0.319 e. The first-order chi connectivity index (χ1) is 16.0. The molecule has 7 nitrogen and oxygen atoms in total. The van der Waals surface area contributed by atoms with E-state index in [1.165, 1.54) is 28.2 Å². The predicted molar refractivity (Wildman–Crippen MR) is 125 cm³/mol. The molecule has 5 rings (SSSR count).